The van der Waals surface area contributed by atoms with Crippen LogP contribution in [0.4, 0.5) is 0 Å². The molecule has 0 aromatic heterocycles. The average Bonchev–Trinajstić information content (AvgIpc) is 2.82. The van der Waals surface area contributed by atoms with Gasteiger partial charge in [0.1, 0.15) is 24.7 Å². The third-order valence-electron chi connectivity index (χ3n) is 4.68. The summed E-state index contributed by atoms with van der Waals surface area (Å²) in [5, 5.41) is 23.2. The zero-order chi connectivity index (χ0) is 21.9. The van der Waals surface area contributed by atoms with Gasteiger partial charge in [0.15, 0.2) is 0 Å². The molecule has 164 valence electrons. The molecule has 3 aromatic carbocycles. The highest BCUT2D eigenvalue weighted by Gasteiger charge is 2.13. The van der Waals surface area contributed by atoms with Gasteiger partial charge in [0.25, 0.3) is 0 Å². The van der Waals surface area contributed by atoms with E-state index < -0.39 is 12.2 Å². The van der Waals surface area contributed by atoms with Crippen LogP contribution >= 0.6 is 11.6 Å². The first-order valence-corrected chi connectivity index (χ1v) is 10.8. The van der Waals surface area contributed by atoms with Crippen LogP contribution in [0.5, 0.6) is 11.5 Å². The van der Waals surface area contributed by atoms with Crippen LogP contribution in [-0.2, 0) is 13.2 Å². The molecule has 2 atom stereocenters. The average molecular weight is 442 g/mol. The lowest BCUT2D eigenvalue weighted by molar-refractivity contribution is 0.155. The third kappa shape index (κ3) is 7.89. The molecule has 0 saturated heterocycles. The summed E-state index contributed by atoms with van der Waals surface area (Å²) >= 11 is 5.61. The van der Waals surface area contributed by atoms with Gasteiger partial charge in [-0.15, -0.1) is 11.6 Å². The van der Waals surface area contributed by atoms with E-state index in [4.69, 9.17) is 21.1 Å². The lowest BCUT2D eigenvalue weighted by Crippen LogP contribution is -2.31. The van der Waals surface area contributed by atoms with Crippen molar-refractivity contribution in [1.82, 2.24) is 5.32 Å². The number of nitrogens with one attached hydrogen (secondary N) is 1. The van der Waals surface area contributed by atoms with Crippen molar-refractivity contribution < 1.29 is 19.7 Å². The number of hydrogen-bond acceptors (Lipinski definition) is 5. The molecule has 0 aliphatic rings. The summed E-state index contributed by atoms with van der Waals surface area (Å²) in [7, 11) is 0. The number of alkyl halides is 1. The van der Waals surface area contributed by atoms with Crippen molar-refractivity contribution in [2.45, 2.75) is 25.4 Å². The lowest BCUT2D eigenvalue weighted by Gasteiger charge is -2.17. The first kappa shape index (κ1) is 23.1. The fourth-order valence-electron chi connectivity index (χ4n) is 2.99. The molecule has 6 heteroatoms. The van der Waals surface area contributed by atoms with Gasteiger partial charge in [0.2, 0.25) is 0 Å². The molecule has 0 radical (unpaired) electrons. The second-order valence-corrected chi connectivity index (χ2v) is 7.58. The van der Waals surface area contributed by atoms with Gasteiger partial charge >= 0.3 is 0 Å². The molecule has 0 bridgehead atoms. The van der Waals surface area contributed by atoms with E-state index in [0.29, 0.717) is 36.8 Å². The van der Waals surface area contributed by atoms with E-state index in [1.54, 1.807) is 0 Å². The van der Waals surface area contributed by atoms with Crippen molar-refractivity contribution >= 4 is 11.6 Å². The van der Waals surface area contributed by atoms with Gasteiger partial charge in [-0.2, -0.15) is 0 Å². The number of ether oxygens (including phenoxy) is 2. The Kier molecular flexibility index (Phi) is 9.18. The van der Waals surface area contributed by atoms with E-state index in [1.165, 1.54) is 0 Å². The summed E-state index contributed by atoms with van der Waals surface area (Å²) < 4.78 is 11.9. The largest absolute Gasteiger partial charge is 0.489 e. The van der Waals surface area contributed by atoms with Crippen molar-refractivity contribution in [3.05, 3.63) is 95.6 Å². The van der Waals surface area contributed by atoms with E-state index in [9.17, 15) is 10.2 Å². The first-order chi connectivity index (χ1) is 15.1. The van der Waals surface area contributed by atoms with Crippen molar-refractivity contribution in [3.63, 3.8) is 0 Å². The maximum absolute atomic E-state index is 10.6. The molecule has 0 aliphatic heterocycles. The number of halogens is 1. The van der Waals surface area contributed by atoms with Crippen LogP contribution in [-0.4, -0.2) is 35.3 Å². The van der Waals surface area contributed by atoms with Crippen LogP contribution in [0.15, 0.2) is 78.9 Å². The van der Waals surface area contributed by atoms with Crippen molar-refractivity contribution in [2.75, 3.05) is 19.0 Å². The molecular formula is C25H28ClNO4. The Morgan fingerprint density at radius 2 is 1.26 bits per heavy atom. The number of rotatable bonds is 12. The van der Waals surface area contributed by atoms with Crippen LogP contribution < -0.4 is 14.8 Å². The lowest BCUT2D eigenvalue weighted by atomic mass is 10.1. The smallest absolute Gasteiger partial charge is 0.123 e. The molecule has 31 heavy (non-hydrogen) atoms. The summed E-state index contributed by atoms with van der Waals surface area (Å²) in [6, 6.07) is 25.2. The Bertz CT molecular complexity index is 846. The van der Waals surface area contributed by atoms with Gasteiger partial charge in [0.05, 0.1) is 12.2 Å². The summed E-state index contributed by atoms with van der Waals surface area (Å²) in [5.74, 6) is 1.37. The fraction of sp³-hybridized carbons (Fsp3) is 0.280. The molecule has 2 unspecified atom stereocenters. The highest BCUT2D eigenvalue weighted by atomic mass is 35.5. The van der Waals surface area contributed by atoms with Crippen molar-refractivity contribution in [3.8, 4) is 11.5 Å². The Morgan fingerprint density at radius 3 is 1.74 bits per heavy atom. The van der Waals surface area contributed by atoms with Gasteiger partial charge in [-0.1, -0.05) is 60.7 Å². The second kappa shape index (κ2) is 12.3. The van der Waals surface area contributed by atoms with Crippen molar-refractivity contribution in [1.29, 1.82) is 0 Å². The minimum atomic E-state index is -0.790. The summed E-state index contributed by atoms with van der Waals surface area (Å²) in [6.45, 7) is 1.41. The van der Waals surface area contributed by atoms with E-state index in [1.807, 2.05) is 78.9 Å². The maximum atomic E-state index is 10.6. The van der Waals surface area contributed by atoms with E-state index in [0.717, 1.165) is 11.1 Å². The van der Waals surface area contributed by atoms with Crippen LogP contribution in [0.2, 0.25) is 0 Å². The number of aliphatic hydroxyl groups is 2. The Morgan fingerprint density at radius 1 is 0.742 bits per heavy atom. The molecule has 3 N–H and O–H groups in total. The molecule has 0 fully saturated rings. The van der Waals surface area contributed by atoms with Crippen LogP contribution in [0.1, 0.15) is 22.8 Å². The molecule has 0 heterocycles. The molecule has 0 amide bonds. The SMILES string of the molecule is OC(CCl)CNCC(O)c1cc(OCc2ccccc2)cc(OCc2ccccc2)c1. The second-order valence-electron chi connectivity index (χ2n) is 7.27. The first-order valence-electron chi connectivity index (χ1n) is 10.3. The summed E-state index contributed by atoms with van der Waals surface area (Å²) in [4.78, 5) is 0. The van der Waals surface area contributed by atoms with Gasteiger partial charge in [0, 0.05) is 25.0 Å². The fourth-order valence-corrected chi connectivity index (χ4v) is 3.10. The normalized spacial score (nSPS) is 12.9. The van der Waals surface area contributed by atoms with Gasteiger partial charge in [-0.05, 0) is 28.8 Å². The minimum absolute atomic E-state index is 0.142. The molecular weight excluding hydrogens is 414 g/mol. The van der Waals surface area contributed by atoms with E-state index >= 15 is 0 Å². The van der Waals surface area contributed by atoms with Gasteiger partial charge in [-0.25, -0.2) is 0 Å². The Labute approximate surface area is 188 Å². The van der Waals surface area contributed by atoms with E-state index in [-0.39, 0.29) is 12.4 Å². The Balaban J connectivity index is 1.70. The van der Waals surface area contributed by atoms with Gasteiger partial charge in [-0.3, -0.25) is 0 Å². The Hall–Kier alpha value is -2.57. The molecule has 0 aliphatic carbocycles. The van der Waals surface area contributed by atoms with E-state index in [2.05, 4.69) is 5.32 Å². The van der Waals surface area contributed by atoms with Crippen molar-refractivity contribution in [2.24, 2.45) is 0 Å². The quantitative estimate of drug-likeness (QED) is 0.370. The predicted molar refractivity (Wildman–Crippen MR) is 123 cm³/mol. The molecule has 3 rings (SSSR count). The molecule has 0 spiro atoms. The number of benzene rings is 3. The molecule has 0 saturated carbocycles. The summed E-state index contributed by atoms with van der Waals surface area (Å²) in [6.07, 6.45) is -1.44. The molecule has 3 aromatic rings. The topological polar surface area (TPSA) is 71.0 Å². The minimum Gasteiger partial charge on any atom is -0.489 e. The van der Waals surface area contributed by atoms with Crippen LogP contribution in [0.25, 0.3) is 0 Å². The zero-order valence-electron chi connectivity index (χ0n) is 17.3. The van der Waals surface area contributed by atoms with Gasteiger partial charge < -0.3 is 25.0 Å². The standard InChI is InChI=1S/C25H28ClNO4/c26-14-22(28)15-27-16-25(29)21-11-23(30-17-19-7-3-1-4-8-19)13-24(12-21)31-18-20-9-5-2-6-10-20/h1-13,22,25,27-29H,14-18H2. The third-order valence-corrected chi connectivity index (χ3v) is 5.04. The number of hydrogen-bond donors (Lipinski definition) is 3. The number of aliphatic hydroxyl groups excluding tert-OH is 2. The summed E-state index contributed by atoms with van der Waals surface area (Å²) in [5.41, 5.74) is 2.77. The molecule has 5 nitrogen and oxygen atoms in total. The zero-order valence-corrected chi connectivity index (χ0v) is 18.0. The van der Waals surface area contributed by atoms with Crippen LogP contribution in [0, 0.1) is 0 Å². The monoisotopic (exact) mass is 441 g/mol. The highest BCUT2D eigenvalue weighted by molar-refractivity contribution is 6.18. The predicted octanol–water partition coefficient (Wildman–Crippen LogP) is 4.07. The maximum Gasteiger partial charge on any atom is 0.123 e. The highest BCUT2D eigenvalue weighted by Crippen LogP contribution is 2.28. The van der Waals surface area contributed by atoms with Crippen LogP contribution in [0.3, 0.4) is 0 Å².